The zero-order valence-electron chi connectivity index (χ0n) is 22.6. The first-order valence-corrected chi connectivity index (χ1v) is 13.2. The molecule has 0 spiro atoms. The highest BCUT2D eigenvalue weighted by atomic mass is 15.2. The summed E-state index contributed by atoms with van der Waals surface area (Å²) in [5.74, 6) is 0.704. The molecule has 0 bridgehead atoms. The number of rotatable bonds is 9. The minimum atomic E-state index is 0.592. The van der Waals surface area contributed by atoms with Gasteiger partial charge in [0.1, 0.15) is 17.0 Å². The van der Waals surface area contributed by atoms with Crippen LogP contribution in [-0.2, 0) is 6.42 Å². The van der Waals surface area contributed by atoms with Gasteiger partial charge in [-0.05, 0) is 65.6 Å². The Kier molecular flexibility index (Phi) is 7.02. The van der Waals surface area contributed by atoms with Crippen LogP contribution in [-0.4, -0.2) is 30.1 Å². The summed E-state index contributed by atoms with van der Waals surface area (Å²) in [7, 11) is 0. The molecule has 5 heterocycles. The third-order valence-electron chi connectivity index (χ3n) is 6.77. The molecule has 41 heavy (non-hydrogen) atoms. The van der Waals surface area contributed by atoms with Crippen molar-refractivity contribution in [2.45, 2.75) is 13.3 Å². The second kappa shape index (κ2) is 11.2. The van der Waals surface area contributed by atoms with Crippen LogP contribution in [0.5, 0.6) is 0 Å². The van der Waals surface area contributed by atoms with Crippen LogP contribution in [0.25, 0.3) is 39.1 Å². The number of nitrogens with zero attached hydrogens (tertiary/aromatic N) is 5. The molecule has 8 nitrogen and oxygen atoms in total. The Balaban J connectivity index is 1.23. The molecule has 0 atom stereocenters. The lowest BCUT2D eigenvalue weighted by atomic mass is 10.0. The van der Waals surface area contributed by atoms with Gasteiger partial charge in [-0.15, -0.1) is 0 Å². The van der Waals surface area contributed by atoms with Crippen molar-refractivity contribution in [2.24, 2.45) is 0 Å². The Morgan fingerprint density at radius 3 is 2.51 bits per heavy atom. The van der Waals surface area contributed by atoms with E-state index in [-0.39, 0.29) is 0 Å². The highest BCUT2D eigenvalue weighted by Gasteiger charge is 2.15. The first-order chi connectivity index (χ1) is 20.0. The van der Waals surface area contributed by atoms with Gasteiger partial charge in [0, 0.05) is 42.5 Å². The molecular formula is C33H28N8. The van der Waals surface area contributed by atoms with Crippen molar-refractivity contribution in [2.75, 3.05) is 10.6 Å². The summed E-state index contributed by atoms with van der Waals surface area (Å²) in [4.78, 5) is 18.0. The topological polar surface area (TPSA) is 104 Å². The molecule has 200 valence electrons. The van der Waals surface area contributed by atoms with Crippen LogP contribution in [0, 0.1) is 6.92 Å². The summed E-state index contributed by atoms with van der Waals surface area (Å²) in [5, 5.41) is 14.3. The van der Waals surface area contributed by atoms with Crippen molar-refractivity contribution in [1.29, 1.82) is 0 Å². The number of nitrogens with one attached hydrogen (secondary N) is 3. The van der Waals surface area contributed by atoms with Crippen molar-refractivity contribution in [3.05, 3.63) is 133 Å². The second-order valence-electron chi connectivity index (χ2n) is 9.69. The van der Waals surface area contributed by atoms with Gasteiger partial charge in [-0.2, -0.15) is 5.10 Å². The van der Waals surface area contributed by atoms with E-state index in [4.69, 9.17) is 4.98 Å². The summed E-state index contributed by atoms with van der Waals surface area (Å²) in [6.45, 7) is 10.5. The summed E-state index contributed by atoms with van der Waals surface area (Å²) in [6.07, 6.45) is 9.64. The smallest absolute Gasteiger partial charge is 0.134 e. The number of allylic oxidation sites excluding steroid dienone is 1. The van der Waals surface area contributed by atoms with Gasteiger partial charge >= 0.3 is 0 Å². The van der Waals surface area contributed by atoms with E-state index in [2.05, 4.69) is 61.1 Å². The number of benzene rings is 1. The zero-order valence-corrected chi connectivity index (χ0v) is 22.6. The highest BCUT2D eigenvalue weighted by molar-refractivity contribution is 5.91. The van der Waals surface area contributed by atoms with Gasteiger partial charge in [-0.1, -0.05) is 43.5 Å². The molecule has 8 heteroatoms. The molecule has 5 aromatic heterocycles. The second-order valence-corrected chi connectivity index (χ2v) is 9.69. The lowest BCUT2D eigenvalue weighted by Gasteiger charge is -2.13. The molecule has 0 aliphatic rings. The molecule has 3 N–H and O–H groups in total. The van der Waals surface area contributed by atoms with Crippen LogP contribution in [0.15, 0.2) is 117 Å². The van der Waals surface area contributed by atoms with E-state index in [1.807, 2.05) is 61.5 Å². The molecule has 6 rings (SSSR count). The quantitative estimate of drug-likeness (QED) is 0.182. The average Bonchev–Trinajstić information content (AvgIpc) is 3.43. The molecule has 0 amide bonds. The van der Waals surface area contributed by atoms with Crippen molar-refractivity contribution >= 4 is 28.2 Å². The molecule has 0 aliphatic heterocycles. The number of H-pyrrole nitrogens is 1. The minimum Gasteiger partial charge on any atom is -0.358 e. The number of anilines is 2. The van der Waals surface area contributed by atoms with E-state index in [1.165, 1.54) is 5.56 Å². The normalized spacial score (nSPS) is 10.9. The van der Waals surface area contributed by atoms with Gasteiger partial charge in [-0.3, -0.25) is 15.1 Å². The molecule has 1 aromatic carbocycles. The fraction of sp³-hybridized carbons (Fsp3) is 0.0606. The van der Waals surface area contributed by atoms with E-state index >= 15 is 0 Å². The summed E-state index contributed by atoms with van der Waals surface area (Å²) in [6, 6.07) is 22.1. The van der Waals surface area contributed by atoms with Gasteiger partial charge in [0.05, 0.1) is 28.8 Å². The largest absolute Gasteiger partial charge is 0.358 e. The van der Waals surface area contributed by atoms with E-state index in [9.17, 15) is 0 Å². The first-order valence-electron chi connectivity index (χ1n) is 13.2. The number of pyridine rings is 4. The number of aromatic nitrogens is 6. The van der Waals surface area contributed by atoms with Gasteiger partial charge in [0.2, 0.25) is 0 Å². The zero-order chi connectivity index (χ0) is 28.2. The van der Waals surface area contributed by atoms with Crippen LogP contribution < -0.4 is 10.6 Å². The van der Waals surface area contributed by atoms with Crippen LogP contribution in [0.4, 0.5) is 11.5 Å². The molecule has 0 saturated heterocycles. The average molecular weight is 537 g/mol. The maximum atomic E-state index is 4.93. The Morgan fingerprint density at radius 2 is 1.68 bits per heavy atom. The van der Waals surface area contributed by atoms with E-state index in [0.717, 1.165) is 51.3 Å². The van der Waals surface area contributed by atoms with Gasteiger partial charge in [-0.25, -0.2) is 9.97 Å². The van der Waals surface area contributed by atoms with Gasteiger partial charge in [0.25, 0.3) is 0 Å². The monoisotopic (exact) mass is 536 g/mol. The highest BCUT2D eigenvalue weighted by Crippen LogP contribution is 2.30. The molecule has 0 saturated carbocycles. The van der Waals surface area contributed by atoms with E-state index in [1.54, 1.807) is 31.0 Å². The summed E-state index contributed by atoms with van der Waals surface area (Å²) < 4.78 is 0. The Labute approximate surface area is 238 Å². The number of aromatic amines is 1. The molecule has 0 aliphatic carbocycles. The molecular weight excluding hydrogens is 508 g/mol. The van der Waals surface area contributed by atoms with E-state index in [0.29, 0.717) is 22.7 Å². The Morgan fingerprint density at radius 1 is 0.854 bits per heavy atom. The number of hydrogen-bond acceptors (Lipinski definition) is 7. The minimum absolute atomic E-state index is 0.592. The third-order valence-corrected chi connectivity index (χ3v) is 6.77. The van der Waals surface area contributed by atoms with Crippen molar-refractivity contribution in [1.82, 2.24) is 30.1 Å². The third kappa shape index (κ3) is 5.58. The maximum absolute atomic E-state index is 4.93. The molecule has 0 unspecified atom stereocenters. The Hall–Kier alpha value is -5.63. The fourth-order valence-corrected chi connectivity index (χ4v) is 4.72. The predicted molar refractivity (Wildman–Crippen MR) is 165 cm³/mol. The molecule has 0 radical (unpaired) electrons. The first kappa shape index (κ1) is 25.6. The summed E-state index contributed by atoms with van der Waals surface area (Å²) in [5.41, 5.74) is 10.4. The predicted octanol–water partition coefficient (Wildman–Crippen LogP) is 7.04. The summed E-state index contributed by atoms with van der Waals surface area (Å²) >= 11 is 0. The van der Waals surface area contributed by atoms with Crippen LogP contribution >= 0.6 is 0 Å². The van der Waals surface area contributed by atoms with Crippen molar-refractivity contribution in [3.63, 3.8) is 0 Å². The van der Waals surface area contributed by atoms with Gasteiger partial charge in [0.15, 0.2) is 0 Å². The van der Waals surface area contributed by atoms with Gasteiger partial charge < -0.3 is 10.6 Å². The van der Waals surface area contributed by atoms with E-state index < -0.39 is 0 Å². The van der Waals surface area contributed by atoms with Crippen molar-refractivity contribution in [3.8, 4) is 22.4 Å². The lowest BCUT2D eigenvalue weighted by molar-refractivity contribution is 1.10. The standard InChI is InChI=1S/C33H28N8/c1-21(17-24-7-5-4-6-8-24)37-27-18-26(19-35-20-27)29-9-10-30-32(39-29)31(41-40-30)23(3)38-33-22(2)28(13-16-36-33)25-11-14-34-15-12-25/h4-16,18-20,37H,1,3,17H2,2H3,(H,36,38)(H,40,41). The van der Waals surface area contributed by atoms with Crippen LogP contribution in [0.3, 0.4) is 0 Å². The molecule has 0 fully saturated rings. The van der Waals surface area contributed by atoms with Crippen molar-refractivity contribution < 1.29 is 0 Å². The fourth-order valence-electron chi connectivity index (χ4n) is 4.72. The van der Waals surface area contributed by atoms with Crippen LogP contribution in [0.2, 0.25) is 0 Å². The van der Waals surface area contributed by atoms with Crippen LogP contribution in [0.1, 0.15) is 16.8 Å². The Bertz CT molecular complexity index is 1860. The lowest BCUT2D eigenvalue weighted by Crippen LogP contribution is -2.03. The number of fused-ring (bicyclic) bond motifs is 1. The SMILES string of the molecule is C=C(Cc1ccccc1)Nc1cncc(-c2ccc3[nH]nc(C(=C)Nc4nccc(-c5ccncc5)c4C)c3n2)c1. The molecule has 6 aromatic rings. The maximum Gasteiger partial charge on any atom is 0.134 e. The number of hydrogen-bond donors (Lipinski definition) is 3.